The molecule has 0 aliphatic heterocycles. The molecular formula is C17H17BrN2O3. The second kappa shape index (κ2) is 7.78. The van der Waals surface area contributed by atoms with Crippen LogP contribution >= 0.6 is 15.9 Å². The Morgan fingerprint density at radius 2 is 1.78 bits per heavy atom. The molecule has 23 heavy (non-hydrogen) atoms. The predicted octanol–water partition coefficient (Wildman–Crippen LogP) is 3.73. The minimum Gasteiger partial charge on any atom is -0.484 e. The van der Waals surface area contributed by atoms with E-state index in [1.165, 1.54) is 6.92 Å². The number of carbonyl (C=O) groups is 2. The van der Waals surface area contributed by atoms with Gasteiger partial charge >= 0.3 is 0 Å². The molecule has 5 nitrogen and oxygen atoms in total. The first kappa shape index (κ1) is 17.0. The monoisotopic (exact) mass is 376 g/mol. The minimum atomic E-state index is -0.235. The highest BCUT2D eigenvalue weighted by molar-refractivity contribution is 9.10. The normalized spacial score (nSPS) is 10.0. The zero-order valence-corrected chi connectivity index (χ0v) is 14.4. The molecule has 2 amide bonds. The summed E-state index contributed by atoms with van der Waals surface area (Å²) in [5.74, 6) is 0.186. The van der Waals surface area contributed by atoms with Crippen LogP contribution in [0.4, 0.5) is 11.4 Å². The van der Waals surface area contributed by atoms with Crippen molar-refractivity contribution in [3.8, 4) is 5.75 Å². The largest absolute Gasteiger partial charge is 0.484 e. The number of aryl methyl sites for hydroxylation is 1. The molecule has 0 heterocycles. The maximum atomic E-state index is 11.9. The Labute approximate surface area is 143 Å². The van der Waals surface area contributed by atoms with E-state index in [1.54, 1.807) is 24.3 Å². The molecule has 2 rings (SSSR count). The summed E-state index contributed by atoms with van der Waals surface area (Å²) in [4.78, 5) is 22.9. The standard InChI is InChI=1S/C17H17BrN2O3/c1-11-9-13(18)3-8-16(11)20-17(22)10-23-15-6-4-14(5-7-15)19-12(2)21/h3-9H,10H2,1-2H3,(H,19,21)(H,20,22). The number of rotatable bonds is 5. The summed E-state index contributed by atoms with van der Waals surface area (Å²) in [7, 11) is 0. The Balaban J connectivity index is 1.87. The number of carbonyl (C=O) groups excluding carboxylic acids is 2. The van der Waals surface area contributed by atoms with Gasteiger partial charge in [0.25, 0.3) is 5.91 Å². The summed E-state index contributed by atoms with van der Waals surface area (Å²) in [5.41, 5.74) is 2.40. The maximum Gasteiger partial charge on any atom is 0.262 e. The zero-order valence-electron chi connectivity index (χ0n) is 12.9. The molecule has 2 aromatic carbocycles. The van der Waals surface area contributed by atoms with Gasteiger partial charge in [-0.3, -0.25) is 9.59 Å². The minimum absolute atomic E-state index is 0.0883. The summed E-state index contributed by atoms with van der Waals surface area (Å²) in [5, 5.41) is 5.47. The first-order valence-corrected chi connectivity index (χ1v) is 7.80. The van der Waals surface area contributed by atoms with Gasteiger partial charge in [0, 0.05) is 22.8 Å². The molecule has 0 aliphatic rings. The maximum absolute atomic E-state index is 11.9. The van der Waals surface area contributed by atoms with Crippen molar-refractivity contribution < 1.29 is 14.3 Å². The fourth-order valence-corrected chi connectivity index (χ4v) is 2.42. The van der Waals surface area contributed by atoms with Crippen molar-refractivity contribution in [2.45, 2.75) is 13.8 Å². The van der Waals surface area contributed by atoms with Crippen LogP contribution in [0.2, 0.25) is 0 Å². The van der Waals surface area contributed by atoms with Crippen LogP contribution in [0.3, 0.4) is 0 Å². The van der Waals surface area contributed by atoms with Crippen LogP contribution in [0.15, 0.2) is 46.9 Å². The lowest BCUT2D eigenvalue weighted by Gasteiger charge is -2.10. The van der Waals surface area contributed by atoms with Gasteiger partial charge in [-0.1, -0.05) is 15.9 Å². The van der Waals surface area contributed by atoms with Gasteiger partial charge in [-0.15, -0.1) is 0 Å². The number of hydrogen-bond acceptors (Lipinski definition) is 3. The molecule has 0 bridgehead atoms. The smallest absolute Gasteiger partial charge is 0.262 e. The molecule has 0 aliphatic carbocycles. The number of benzene rings is 2. The summed E-state index contributed by atoms with van der Waals surface area (Å²) in [6.07, 6.45) is 0. The Hall–Kier alpha value is -2.34. The van der Waals surface area contributed by atoms with Crippen LogP contribution < -0.4 is 15.4 Å². The third-order valence-electron chi connectivity index (χ3n) is 3.01. The van der Waals surface area contributed by atoms with Crippen LogP contribution in [-0.2, 0) is 9.59 Å². The van der Waals surface area contributed by atoms with E-state index in [-0.39, 0.29) is 18.4 Å². The van der Waals surface area contributed by atoms with E-state index in [4.69, 9.17) is 4.74 Å². The molecule has 0 aromatic heterocycles. The summed E-state index contributed by atoms with van der Waals surface area (Å²) in [6, 6.07) is 12.5. The zero-order chi connectivity index (χ0) is 16.8. The lowest BCUT2D eigenvalue weighted by atomic mass is 10.2. The van der Waals surface area contributed by atoms with Crippen molar-refractivity contribution in [2.75, 3.05) is 17.2 Å². The van der Waals surface area contributed by atoms with Gasteiger partial charge in [0.1, 0.15) is 5.75 Å². The van der Waals surface area contributed by atoms with E-state index in [0.717, 1.165) is 15.7 Å². The first-order valence-electron chi connectivity index (χ1n) is 7.00. The molecular weight excluding hydrogens is 360 g/mol. The third kappa shape index (κ3) is 5.41. The van der Waals surface area contributed by atoms with Gasteiger partial charge in [-0.05, 0) is 55.0 Å². The van der Waals surface area contributed by atoms with Crippen LogP contribution in [-0.4, -0.2) is 18.4 Å². The fourth-order valence-electron chi connectivity index (χ4n) is 1.94. The predicted molar refractivity (Wildman–Crippen MR) is 93.7 cm³/mol. The third-order valence-corrected chi connectivity index (χ3v) is 3.50. The van der Waals surface area contributed by atoms with E-state index >= 15 is 0 Å². The summed E-state index contributed by atoms with van der Waals surface area (Å²) >= 11 is 3.38. The number of anilines is 2. The number of amides is 2. The molecule has 0 unspecified atom stereocenters. The lowest BCUT2D eigenvalue weighted by molar-refractivity contribution is -0.118. The first-order chi connectivity index (χ1) is 10.9. The van der Waals surface area contributed by atoms with Gasteiger partial charge in [0.15, 0.2) is 6.61 Å². The van der Waals surface area contributed by atoms with E-state index in [9.17, 15) is 9.59 Å². The van der Waals surface area contributed by atoms with E-state index in [0.29, 0.717) is 11.4 Å². The van der Waals surface area contributed by atoms with Crippen molar-refractivity contribution in [1.82, 2.24) is 0 Å². The Bertz CT molecular complexity index is 714. The molecule has 2 N–H and O–H groups in total. The molecule has 0 atom stereocenters. The molecule has 0 spiro atoms. The quantitative estimate of drug-likeness (QED) is 0.835. The topological polar surface area (TPSA) is 67.4 Å². The average Bonchev–Trinajstić information content (AvgIpc) is 2.49. The Kier molecular flexibility index (Phi) is 5.76. The molecule has 2 aromatic rings. The van der Waals surface area contributed by atoms with Gasteiger partial charge in [0.05, 0.1) is 0 Å². The van der Waals surface area contributed by atoms with Gasteiger partial charge in [-0.25, -0.2) is 0 Å². The fraction of sp³-hybridized carbons (Fsp3) is 0.176. The van der Waals surface area contributed by atoms with E-state index < -0.39 is 0 Å². The molecule has 6 heteroatoms. The highest BCUT2D eigenvalue weighted by atomic mass is 79.9. The van der Waals surface area contributed by atoms with Crippen LogP contribution in [0.5, 0.6) is 5.75 Å². The summed E-state index contributed by atoms with van der Waals surface area (Å²) < 4.78 is 6.39. The van der Waals surface area contributed by atoms with Crippen molar-refractivity contribution in [2.24, 2.45) is 0 Å². The number of halogens is 1. The number of nitrogens with one attached hydrogen (secondary N) is 2. The van der Waals surface area contributed by atoms with E-state index in [2.05, 4.69) is 26.6 Å². The van der Waals surface area contributed by atoms with Crippen molar-refractivity contribution in [3.63, 3.8) is 0 Å². The SMILES string of the molecule is CC(=O)Nc1ccc(OCC(=O)Nc2ccc(Br)cc2C)cc1. The van der Waals surface area contributed by atoms with Crippen LogP contribution in [0.25, 0.3) is 0 Å². The average molecular weight is 377 g/mol. The van der Waals surface area contributed by atoms with Crippen molar-refractivity contribution in [1.29, 1.82) is 0 Å². The molecule has 120 valence electrons. The second-order valence-electron chi connectivity index (χ2n) is 5.00. The van der Waals surface area contributed by atoms with E-state index in [1.807, 2.05) is 25.1 Å². The number of hydrogen-bond donors (Lipinski definition) is 2. The molecule has 0 saturated carbocycles. The molecule has 0 fully saturated rings. The van der Waals surface area contributed by atoms with Crippen LogP contribution in [0, 0.1) is 6.92 Å². The second-order valence-corrected chi connectivity index (χ2v) is 5.92. The molecule has 0 saturated heterocycles. The highest BCUT2D eigenvalue weighted by Gasteiger charge is 2.06. The van der Waals surface area contributed by atoms with Crippen molar-refractivity contribution >= 4 is 39.1 Å². The Morgan fingerprint density at radius 3 is 2.39 bits per heavy atom. The van der Waals surface area contributed by atoms with Gasteiger partial charge in [-0.2, -0.15) is 0 Å². The summed E-state index contributed by atoms with van der Waals surface area (Å²) in [6.45, 7) is 3.27. The molecule has 0 radical (unpaired) electrons. The highest BCUT2D eigenvalue weighted by Crippen LogP contribution is 2.20. The van der Waals surface area contributed by atoms with Crippen molar-refractivity contribution in [3.05, 3.63) is 52.5 Å². The van der Waals surface area contributed by atoms with Crippen LogP contribution in [0.1, 0.15) is 12.5 Å². The van der Waals surface area contributed by atoms with Gasteiger partial charge < -0.3 is 15.4 Å². The Morgan fingerprint density at radius 1 is 1.09 bits per heavy atom. The van der Waals surface area contributed by atoms with Gasteiger partial charge in [0.2, 0.25) is 5.91 Å². The lowest BCUT2D eigenvalue weighted by Crippen LogP contribution is -2.20. The number of ether oxygens (including phenoxy) is 1.